The first-order valence-corrected chi connectivity index (χ1v) is 9.51. The van der Waals surface area contributed by atoms with Crippen LogP contribution >= 0.6 is 0 Å². The van der Waals surface area contributed by atoms with E-state index < -0.39 is 11.6 Å². The molecule has 0 unspecified atom stereocenters. The topological polar surface area (TPSA) is 67.9 Å². The second kappa shape index (κ2) is 7.28. The van der Waals surface area contributed by atoms with Crippen LogP contribution in [-0.2, 0) is 0 Å². The van der Waals surface area contributed by atoms with E-state index in [1.54, 1.807) is 12.3 Å². The van der Waals surface area contributed by atoms with E-state index in [0.717, 1.165) is 11.5 Å². The number of aromatic amines is 1. The van der Waals surface area contributed by atoms with E-state index in [1.165, 1.54) is 25.3 Å². The molecule has 3 heterocycles. The lowest BCUT2D eigenvalue weighted by Crippen LogP contribution is -2.04. The molecule has 0 radical (unpaired) electrons. The van der Waals surface area contributed by atoms with Crippen LogP contribution in [0.25, 0.3) is 33.1 Å². The van der Waals surface area contributed by atoms with Crippen molar-refractivity contribution < 1.29 is 13.5 Å². The van der Waals surface area contributed by atoms with Gasteiger partial charge in [0.25, 0.3) is 0 Å². The SMILES string of the molecule is Cc1c(Oc2nc3ccccc3cc2-c2cc(=O)c3cnccc3[nH]2)ccc(F)c1F. The summed E-state index contributed by atoms with van der Waals surface area (Å²) in [6.45, 7) is 1.43. The molecule has 0 bridgehead atoms. The molecule has 7 heteroatoms. The van der Waals surface area contributed by atoms with Crippen LogP contribution in [-0.4, -0.2) is 15.0 Å². The molecule has 31 heavy (non-hydrogen) atoms. The Morgan fingerprint density at radius 2 is 1.87 bits per heavy atom. The van der Waals surface area contributed by atoms with Gasteiger partial charge in [-0.15, -0.1) is 0 Å². The number of para-hydroxylation sites is 1. The summed E-state index contributed by atoms with van der Waals surface area (Å²) in [5, 5.41) is 1.29. The zero-order valence-corrected chi connectivity index (χ0v) is 16.3. The molecule has 0 spiro atoms. The zero-order valence-electron chi connectivity index (χ0n) is 16.3. The van der Waals surface area contributed by atoms with E-state index in [9.17, 15) is 13.6 Å². The normalized spacial score (nSPS) is 11.2. The molecule has 5 rings (SSSR count). The average molecular weight is 415 g/mol. The highest BCUT2D eigenvalue weighted by Gasteiger charge is 2.17. The number of nitrogens with one attached hydrogen (secondary N) is 1. The summed E-state index contributed by atoms with van der Waals surface area (Å²) in [5.74, 6) is -1.64. The summed E-state index contributed by atoms with van der Waals surface area (Å²) >= 11 is 0. The number of hydrogen-bond acceptors (Lipinski definition) is 4. The minimum absolute atomic E-state index is 0.0268. The van der Waals surface area contributed by atoms with Crippen molar-refractivity contribution in [2.75, 3.05) is 0 Å². The number of benzene rings is 2. The summed E-state index contributed by atoms with van der Waals surface area (Å²) < 4.78 is 33.6. The van der Waals surface area contributed by atoms with E-state index in [2.05, 4.69) is 15.0 Å². The summed E-state index contributed by atoms with van der Waals surface area (Å²) in [6, 6.07) is 14.8. The van der Waals surface area contributed by atoms with Crippen LogP contribution in [0.3, 0.4) is 0 Å². The Kier molecular flexibility index (Phi) is 4.43. The van der Waals surface area contributed by atoms with Crippen LogP contribution in [0.2, 0.25) is 0 Å². The van der Waals surface area contributed by atoms with Crippen LogP contribution < -0.4 is 10.2 Å². The smallest absolute Gasteiger partial charge is 0.229 e. The summed E-state index contributed by atoms with van der Waals surface area (Å²) in [5.41, 5.74) is 2.09. The highest BCUT2D eigenvalue weighted by Crippen LogP contribution is 2.35. The van der Waals surface area contributed by atoms with Crippen LogP contribution in [0.5, 0.6) is 11.6 Å². The van der Waals surface area contributed by atoms with Crippen LogP contribution in [0.1, 0.15) is 5.56 Å². The Morgan fingerprint density at radius 3 is 2.74 bits per heavy atom. The molecule has 2 aromatic carbocycles. The number of pyridine rings is 3. The molecule has 0 saturated heterocycles. The molecule has 1 N–H and O–H groups in total. The minimum Gasteiger partial charge on any atom is -0.438 e. The van der Waals surface area contributed by atoms with Gasteiger partial charge in [0.1, 0.15) is 5.75 Å². The van der Waals surface area contributed by atoms with Gasteiger partial charge in [0.2, 0.25) is 5.88 Å². The van der Waals surface area contributed by atoms with E-state index >= 15 is 0 Å². The van der Waals surface area contributed by atoms with Gasteiger partial charge in [0.15, 0.2) is 17.1 Å². The molecule has 0 atom stereocenters. The van der Waals surface area contributed by atoms with E-state index in [0.29, 0.717) is 27.7 Å². The molecule has 0 fully saturated rings. The van der Waals surface area contributed by atoms with Crippen molar-refractivity contribution in [2.45, 2.75) is 6.92 Å². The highest BCUT2D eigenvalue weighted by atomic mass is 19.2. The Morgan fingerprint density at radius 1 is 1.03 bits per heavy atom. The second-order valence-corrected chi connectivity index (χ2v) is 7.09. The lowest BCUT2D eigenvalue weighted by molar-refractivity contribution is 0.444. The van der Waals surface area contributed by atoms with Crippen molar-refractivity contribution in [3.8, 4) is 22.9 Å². The Bertz CT molecular complexity index is 1530. The predicted molar refractivity (Wildman–Crippen MR) is 114 cm³/mol. The predicted octanol–water partition coefficient (Wildman–Crippen LogP) is 5.52. The van der Waals surface area contributed by atoms with Gasteiger partial charge in [-0.1, -0.05) is 18.2 Å². The van der Waals surface area contributed by atoms with E-state index in [1.807, 2.05) is 30.3 Å². The van der Waals surface area contributed by atoms with Gasteiger partial charge in [0.05, 0.1) is 27.7 Å². The Labute approximate surface area is 175 Å². The van der Waals surface area contributed by atoms with Crippen molar-refractivity contribution in [1.29, 1.82) is 0 Å². The van der Waals surface area contributed by atoms with Gasteiger partial charge >= 0.3 is 0 Å². The van der Waals surface area contributed by atoms with Gasteiger partial charge in [-0.05, 0) is 37.3 Å². The van der Waals surface area contributed by atoms with Crippen molar-refractivity contribution in [3.63, 3.8) is 0 Å². The van der Waals surface area contributed by atoms with Gasteiger partial charge in [0, 0.05) is 29.4 Å². The van der Waals surface area contributed by atoms with E-state index in [-0.39, 0.29) is 22.6 Å². The van der Waals surface area contributed by atoms with Crippen LogP contribution in [0.15, 0.2) is 71.8 Å². The molecular formula is C24H15F2N3O2. The molecule has 0 aliphatic rings. The third-order valence-electron chi connectivity index (χ3n) is 5.11. The lowest BCUT2D eigenvalue weighted by atomic mass is 10.1. The molecule has 0 amide bonds. The van der Waals surface area contributed by atoms with Crippen molar-refractivity contribution in [2.24, 2.45) is 0 Å². The Balaban J connectivity index is 1.74. The van der Waals surface area contributed by atoms with E-state index in [4.69, 9.17) is 4.74 Å². The van der Waals surface area contributed by atoms with Crippen molar-refractivity contribution in [1.82, 2.24) is 15.0 Å². The fourth-order valence-corrected chi connectivity index (χ4v) is 3.45. The molecule has 5 aromatic rings. The maximum atomic E-state index is 14.1. The van der Waals surface area contributed by atoms with Crippen LogP contribution in [0, 0.1) is 18.6 Å². The number of aromatic nitrogens is 3. The molecular weight excluding hydrogens is 400 g/mol. The third-order valence-corrected chi connectivity index (χ3v) is 5.11. The molecule has 152 valence electrons. The summed E-state index contributed by atoms with van der Waals surface area (Å²) in [4.78, 5) is 24.4. The van der Waals surface area contributed by atoms with Gasteiger partial charge < -0.3 is 9.72 Å². The molecule has 3 aromatic heterocycles. The van der Waals surface area contributed by atoms with Gasteiger partial charge in [-0.25, -0.2) is 13.8 Å². The standard InChI is InChI=1S/C24H15F2N3O2/c1-13-22(7-6-17(25)23(13)26)31-24-15(10-14-4-2-3-5-18(14)29-24)20-11-21(30)16-12-27-9-8-19(16)28-20/h2-12H,1H3,(H,28,30). The summed E-state index contributed by atoms with van der Waals surface area (Å²) in [7, 11) is 0. The Hall–Kier alpha value is -4.13. The minimum atomic E-state index is -0.980. The first-order chi connectivity index (χ1) is 15.0. The number of fused-ring (bicyclic) bond motifs is 2. The molecule has 0 saturated carbocycles. The molecule has 0 aliphatic heterocycles. The highest BCUT2D eigenvalue weighted by molar-refractivity contribution is 5.87. The first-order valence-electron chi connectivity index (χ1n) is 9.51. The fraction of sp³-hybridized carbons (Fsp3) is 0.0417. The zero-order chi connectivity index (χ0) is 21.5. The lowest BCUT2D eigenvalue weighted by Gasteiger charge is -2.14. The number of H-pyrrole nitrogens is 1. The van der Waals surface area contributed by atoms with Gasteiger partial charge in [-0.2, -0.15) is 0 Å². The first kappa shape index (κ1) is 18.9. The maximum absolute atomic E-state index is 14.1. The number of ether oxygens (including phenoxy) is 1. The van der Waals surface area contributed by atoms with Crippen molar-refractivity contribution >= 4 is 21.8 Å². The summed E-state index contributed by atoms with van der Waals surface area (Å²) in [6.07, 6.45) is 3.08. The van der Waals surface area contributed by atoms with Crippen molar-refractivity contribution in [3.05, 3.63) is 94.4 Å². The maximum Gasteiger partial charge on any atom is 0.229 e. The third kappa shape index (κ3) is 3.30. The second-order valence-electron chi connectivity index (χ2n) is 7.09. The quantitative estimate of drug-likeness (QED) is 0.421. The molecule has 5 nitrogen and oxygen atoms in total. The average Bonchev–Trinajstić information content (AvgIpc) is 2.79. The monoisotopic (exact) mass is 415 g/mol. The number of hydrogen-bond donors (Lipinski definition) is 1. The molecule has 0 aliphatic carbocycles. The van der Waals surface area contributed by atoms with Crippen LogP contribution in [0.4, 0.5) is 8.78 Å². The largest absolute Gasteiger partial charge is 0.438 e. The van der Waals surface area contributed by atoms with Gasteiger partial charge in [-0.3, -0.25) is 9.78 Å². The number of rotatable bonds is 3. The fourth-order valence-electron chi connectivity index (χ4n) is 3.45. The number of nitrogens with zero attached hydrogens (tertiary/aromatic N) is 2. The number of halogens is 2.